The average molecular weight is 410 g/mol. The van der Waals surface area contributed by atoms with Crippen molar-refractivity contribution in [3.05, 3.63) is 29.6 Å². The van der Waals surface area contributed by atoms with Gasteiger partial charge in [0.2, 0.25) is 10.0 Å². The molecule has 1 fully saturated rings. The molecule has 152 valence electrons. The van der Waals surface area contributed by atoms with E-state index < -0.39 is 40.3 Å². The minimum absolute atomic E-state index is 0.0220. The van der Waals surface area contributed by atoms with Crippen LogP contribution in [0.5, 0.6) is 0 Å². The van der Waals surface area contributed by atoms with Gasteiger partial charge in [-0.25, -0.2) is 21.6 Å². The zero-order valence-corrected chi connectivity index (χ0v) is 15.6. The highest BCUT2D eigenvalue weighted by Gasteiger charge is 2.29. The summed E-state index contributed by atoms with van der Waals surface area (Å²) in [5, 5.41) is 0. The van der Waals surface area contributed by atoms with Crippen LogP contribution in [0.1, 0.15) is 10.4 Å². The SMILES string of the molecule is COCCN(CC(F)F)C(=O)c1cc(S(=O)(=O)N2CCOCC2)ccc1F. The fourth-order valence-corrected chi connectivity index (χ4v) is 4.01. The topological polar surface area (TPSA) is 76.2 Å². The second-order valence-corrected chi connectivity index (χ2v) is 7.73. The van der Waals surface area contributed by atoms with E-state index in [0.717, 1.165) is 23.1 Å². The van der Waals surface area contributed by atoms with Gasteiger partial charge in [0.25, 0.3) is 12.3 Å². The molecule has 11 heteroatoms. The molecule has 0 spiro atoms. The molecule has 2 rings (SSSR count). The summed E-state index contributed by atoms with van der Waals surface area (Å²) in [5.74, 6) is -2.01. The molecule has 7 nitrogen and oxygen atoms in total. The average Bonchev–Trinajstić information content (AvgIpc) is 2.65. The Balaban J connectivity index is 2.33. The fourth-order valence-electron chi connectivity index (χ4n) is 2.58. The van der Waals surface area contributed by atoms with E-state index in [1.807, 2.05) is 0 Å². The third-order valence-electron chi connectivity index (χ3n) is 3.99. The number of carbonyl (C=O) groups is 1. The van der Waals surface area contributed by atoms with Gasteiger partial charge in [-0.2, -0.15) is 4.31 Å². The van der Waals surface area contributed by atoms with Crippen molar-refractivity contribution in [1.29, 1.82) is 0 Å². The van der Waals surface area contributed by atoms with Crippen LogP contribution in [0, 0.1) is 5.82 Å². The number of nitrogens with zero attached hydrogens (tertiary/aromatic N) is 2. The summed E-state index contributed by atoms with van der Waals surface area (Å²) in [4.78, 5) is 13.0. The Bertz CT molecular complexity index is 754. The molecule has 0 aromatic heterocycles. The van der Waals surface area contributed by atoms with Crippen LogP contribution in [0.4, 0.5) is 13.2 Å². The van der Waals surface area contributed by atoms with Crippen LogP contribution in [0.25, 0.3) is 0 Å². The molecule has 27 heavy (non-hydrogen) atoms. The maximum Gasteiger partial charge on any atom is 0.257 e. The highest BCUT2D eigenvalue weighted by Crippen LogP contribution is 2.21. The smallest absolute Gasteiger partial charge is 0.257 e. The summed E-state index contributed by atoms with van der Waals surface area (Å²) in [6.45, 7) is -0.396. The predicted molar refractivity (Wildman–Crippen MR) is 89.8 cm³/mol. The molecule has 0 aliphatic carbocycles. The van der Waals surface area contributed by atoms with E-state index in [9.17, 15) is 26.4 Å². The van der Waals surface area contributed by atoms with Gasteiger partial charge < -0.3 is 14.4 Å². The Hall–Kier alpha value is -1.69. The van der Waals surface area contributed by atoms with E-state index in [1.165, 1.54) is 11.4 Å². The highest BCUT2D eigenvalue weighted by atomic mass is 32.2. The summed E-state index contributed by atoms with van der Waals surface area (Å²) < 4.78 is 76.1. The van der Waals surface area contributed by atoms with Crippen molar-refractivity contribution in [3.63, 3.8) is 0 Å². The van der Waals surface area contributed by atoms with Crippen LogP contribution in [0.3, 0.4) is 0 Å². The number of carbonyl (C=O) groups excluding carboxylic acids is 1. The summed E-state index contributed by atoms with van der Waals surface area (Å²) >= 11 is 0. The lowest BCUT2D eigenvalue weighted by Gasteiger charge is -2.26. The van der Waals surface area contributed by atoms with Gasteiger partial charge in [0, 0.05) is 26.7 Å². The Labute approximate surface area is 155 Å². The number of alkyl halides is 2. The first-order chi connectivity index (χ1) is 12.8. The fraction of sp³-hybridized carbons (Fsp3) is 0.562. The molecule has 0 N–H and O–H groups in total. The molecule has 1 heterocycles. The van der Waals surface area contributed by atoms with Crippen molar-refractivity contribution in [1.82, 2.24) is 9.21 Å². The van der Waals surface area contributed by atoms with E-state index in [0.29, 0.717) is 0 Å². The van der Waals surface area contributed by atoms with Crippen LogP contribution in [-0.2, 0) is 19.5 Å². The van der Waals surface area contributed by atoms with Crippen LogP contribution in [-0.4, -0.2) is 83.1 Å². The molecule has 1 aliphatic rings. The van der Waals surface area contributed by atoms with E-state index in [1.54, 1.807) is 0 Å². The van der Waals surface area contributed by atoms with Crippen LogP contribution in [0.15, 0.2) is 23.1 Å². The first-order valence-electron chi connectivity index (χ1n) is 8.21. The van der Waals surface area contributed by atoms with Crippen LogP contribution < -0.4 is 0 Å². The van der Waals surface area contributed by atoms with Gasteiger partial charge >= 0.3 is 0 Å². The number of hydrogen-bond acceptors (Lipinski definition) is 5. The zero-order valence-electron chi connectivity index (χ0n) is 14.7. The zero-order chi connectivity index (χ0) is 20.0. The number of benzene rings is 1. The minimum atomic E-state index is -3.96. The van der Waals surface area contributed by atoms with Crippen molar-refractivity contribution in [2.75, 3.05) is 53.1 Å². The molecule has 1 aromatic rings. The lowest BCUT2D eigenvalue weighted by Crippen LogP contribution is -2.41. The first kappa shape index (κ1) is 21.6. The number of methoxy groups -OCH3 is 1. The normalized spacial score (nSPS) is 15.9. The molecule has 0 radical (unpaired) electrons. The molecule has 1 aliphatic heterocycles. The van der Waals surface area contributed by atoms with E-state index in [4.69, 9.17) is 9.47 Å². The molecule has 1 amide bonds. The number of amides is 1. The lowest BCUT2D eigenvalue weighted by atomic mass is 10.2. The summed E-state index contributed by atoms with van der Waals surface area (Å²) in [6, 6.07) is 2.77. The standard InChI is InChI=1S/C16H21F3N2O5S/c1-25-7-4-20(11-15(18)19)16(22)13-10-12(2-3-14(13)17)27(23,24)21-5-8-26-9-6-21/h2-3,10,15H,4-9,11H2,1H3. The second-order valence-electron chi connectivity index (χ2n) is 5.79. The quantitative estimate of drug-likeness (QED) is 0.644. The monoisotopic (exact) mass is 410 g/mol. The molecule has 0 bridgehead atoms. The Morgan fingerprint density at radius 1 is 1.33 bits per heavy atom. The lowest BCUT2D eigenvalue weighted by molar-refractivity contribution is 0.0474. The van der Waals surface area contributed by atoms with Crippen molar-refractivity contribution >= 4 is 15.9 Å². The van der Waals surface area contributed by atoms with Gasteiger partial charge in [-0.1, -0.05) is 0 Å². The molecule has 1 aromatic carbocycles. The van der Waals surface area contributed by atoms with Crippen molar-refractivity contribution in [2.24, 2.45) is 0 Å². The van der Waals surface area contributed by atoms with Gasteiger partial charge in [-0.3, -0.25) is 4.79 Å². The first-order valence-corrected chi connectivity index (χ1v) is 9.65. The number of halogens is 3. The maximum atomic E-state index is 14.2. The Morgan fingerprint density at radius 2 is 2.00 bits per heavy atom. The molecule has 1 saturated heterocycles. The minimum Gasteiger partial charge on any atom is -0.383 e. The third kappa shape index (κ3) is 5.41. The number of morpholine rings is 1. The van der Waals surface area contributed by atoms with E-state index in [2.05, 4.69) is 0 Å². The molecule has 0 saturated carbocycles. The van der Waals surface area contributed by atoms with Crippen LogP contribution in [0.2, 0.25) is 0 Å². The largest absolute Gasteiger partial charge is 0.383 e. The van der Waals surface area contributed by atoms with E-state index in [-0.39, 0.29) is 44.4 Å². The van der Waals surface area contributed by atoms with Gasteiger partial charge in [0.15, 0.2) is 0 Å². The molecular weight excluding hydrogens is 389 g/mol. The molecule has 0 unspecified atom stereocenters. The summed E-state index contributed by atoms with van der Waals surface area (Å²) in [7, 11) is -2.62. The summed E-state index contributed by atoms with van der Waals surface area (Å²) in [5.41, 5.74) is -0.582. The van der Waals surface area contributed by atoms with Gasteiger partial charge in [-0.15, -0.1) is 0 Å². The number of ether oxygens (including phenoxy) is 2. The molecular formula is C16H21F3N2O5S. The molecule has 0 atom stereocenters. The third-order valence-corrected chi connectivity index (χ3v) is 5.88. The second kappa shape index (κ2) is 9.49. The van der Waals surface area contributed by atoms with E-state index >= 15 is 0 Å². The van der Waals surface area contributed by atoms with Gasteiger partial charge in [-0.05, 0) is 18.2 Å². The number of sulfonamides is 1. The number of hydrogen-bond donors (Lipinski definition) is 0. The Kier molecular flexibility index (Phi) is 7.59. The Morgan fingerprint density at radius 3 is 2.59 bits per heavy atom. The van der Waals surface area contributed by atoms with Crippen molar-refractivity contribution < 1.29 is 35.9 Å². The van der Waals surface area contributed by atoms with Gasteiger partial charge in [0.05, 0.1) is 36.8 Å². The predicted octanol–water partition coefficient (Wildman–Crippen LogP) is 1.20. The van der Waals surface area contributed by atoms with Gasteiger partial charge in [0.1, 0.15) is 5.82 Å². The van der Waals surface area contributed by atoms with Crippen molar-refractivity contribution in [2.45, 2.75) is 11.3 Å². The highest BCUT2D eigenvalue weighted by molar-refractivity contribution is 7.89. The maximum absolute atomic E-state index is 14.2. The summed E-state index contributed by atoms with van der Waals surface area (Å²) in [6.07, 6.45) is -2.82. The van der Waals surface area contributed by atoms with Crippen molar-refractivity contribution in [3.8, 4) is 0 Å². The number of rotatable bonds is 8. The van der Waals surface area contributed by atoms with Crippen LogP contribution >= 0.6 is 0 Å².